The molecule has 1 aliphatic carbocycles. The van der Waals surface area contributed by atoms with Crippen LogP contribution in [0.1, 0.15) is 19.3 Å². The first-order chi connectivity index (χ1) is 3.83. The number of nitriles is 1. The summed E-state index contributed by atoms with van der Waals surface area (Å²) in [5.41, 5.74) is 0. The molecule has 0 radical (unpaired) electrons. The summed E-state index contributed by atoms with van der Waals surface area (Å²) in [7, 11) is 0. The van der Waals surface area contributed by atoms with Crippen LogP contribution in [0.25, 0.3) is 0 Å². The number of rotatable bonds is 0. The zero-order chi connectivity index (χ0) is 5.98. The maximum atomic E-state index is 12.2. The van der Waals surface area contributed by atoms with Gasteiger partial charge in [-0.15, -0.1) is 0 Å². The van der Waals surface area contributed by atoms with Gasteiger partial charge in [0.1, 0.15) is 6.17 Å². The molecule has 0 aliphatic heterocycles. The topological polar surface area (TPSA) is 23.8 Å². The fourth-order valence-electron chi connectivity index (χ4n) is 1.04. The molecule has 1 fully saturated rings. The van der Waals surface area contributed by atoms with Gasteiger partial charge in [0.25, 0.3) is 0 Å². The van der Waals surface area contributed by atoms with Gasteiger partial charge in [-0.25, -0.2) is 4.39 Å². The second kappa shape index (κ2) is 2.13. The van der Waals surface area contributed by atoms with Crippen molar-refractivity contribution in [2.24, 2.45) is 5.92 Å². The normalized spacial score (nSPS) is 37.0. The van der Waals surface area contributed by atoms with Crippen molar-refractivity contribution in [1.82, 2.24) is 0 Å². The summed E-state index contributed by atoms with van der Waals surface area (Å²) in [4.78, 5) is 0. The van der Waals surface area contributed by atoms with Gasteiger partial charge in [-0.3, -0.25) is 0 Å². The molecular formula is C6H8FN. The van der Waals surface area contributed by atoms with E-state index in [4.69, 9.17) is 5.26 Å². The van der Waals surface area contributed by atoms with E-state index >= 15 is 0 Å². The fraction of sp³-hybridized carbons (Fsp3) is 0.833. The van der Waals surface area contributed by atoms with Crippen LogP contribution >= 0.6 is 0 Å². The molecule has 1 nitrogen and oxygen atoms in total. The monoisotopic (exact) mass is 113 g/mol. The number of nitrogens with zero attached hydrogens (tertiary/aromatic N) is 1. The third-order valence-electron chi connectivity index (χ3n) is 1.55. The zero-order valence-electron chi connectivity index (χ0n) is 4.60. The predicted molar refractivity (Wildman–Crippen MR) is 27.8 cm³/mol. The van der Waals surface area contributed by atoms with Gasteiger partial charge < -0.3 is 0 Å². The summed E-state index contributed by atoms with van der Waals surface area (Å²) in [5.74, 6) is 0.00463. The Hall–Kier alpha value is -0.580. The molecule has 1 saturated carbocycles. The largest absolute Gasteiger partial charge is 0.247 e. The van der Waals surface area contributed by atoms with Gasteiger partial charge in [-0.1, -0.05) is 0 Å². The molecular weight excluding hydrogens is 105 g/mol. The Bertz CT molecular complexity index is 116. The Morgan fingerprint density at radius 2 is 2.25 bits per heavy atom. The number of alkyl halides is 1. The lowest BCUT2D eigenvalue weighted by Crippen LogP contribution is -1.91. The van der Waals surface area contributed by atoms with E-state index in [2.05, 4.69) is 6.07 Å². The highest BCUT2D eigenvalue weighted by Gasteiger charge is 2.23. The van der Waals surface area contributed by atoms with Crippen LogP contribution in [0.4, 0.5) is 4.39 Å². The van der Waals surface area contributed by atoms with Crippen molar-refractivity contribution in [2.75, 3.05) is 0 Å². The van der Waals surface area contributed by atoms with Crippen LogP contribution in [-0.4, -0.2) is 6.17 Å². The van der Waals surface area contributed by atoms with E-state index < -0.39 is 6.17 Å². The lowest BCUT2D eigenvalue weighted by Gasteiger charge is -1.91. The third kappa shape index (κ3) is 0.975. The van der Waals surface area contributed by atoms with Gasteiger partial charge in [-0.05, 0) is 19.3 Å². The van der Waals surface area contributed by atoms with Crippen LogP contribution in [-0.2, 0) is 0 Å². The standard InChI is InChI=1S/C6H8FN/c7-6-2-1-5(3-6)4-8/h5-6H,1-3H2/t5-,6+/m0/s1. The quantitative estimate of drug-likeness (QED) is 0.468. The van der Waals surface area contributed by atoms with Gasteiger partial charge in [0.05, 0.1) is 6.07 Å². The molecule has 0 saturated heterocycles. The summed E-state index contributed by atoms with van der Waals surface area (Å²) in [6, 6.07) is 2.05. The molecule has 2 atom stereocenters. The summed E-state index contributed by atoms with van der Waals surface area (Å²) >= 11 is 0. The smallest absolute Gasteiger partial charge is 0.101 e. The molecule has 0 amide bonds. The fourth-order valence-corrected chi connectivity index (χ4v) is 1.04. The Labute approximate surface area is 48.1 Å². The van der Waals surface area contributed by atoms with Gasteiger partial charge in [0.2, 0.25) is 0 Å². The van der Waals surface area contributed by atoms with Crippen molar-refractivity contribution in [1.29, 1.82) is 5.26 Å². The van der Waals surface area contributed by atoms with Gasteiger partial charge >= 0.3 is 0 Å². The molecule has 1 rings (SSSR count). The molecule has 0 aromatic rings. The number of hydrogen-bond donors (Lipinski definition) is 0. The average molecular weight is 113 g/mol. The Balaban J connectivity index is 2.35. The number of halogens is 1. The number of hydrogen-bond acceptors (Lipinski definition) is 1. The van der Waals surface area contributed by atoms with Crippen molar-refractivity contribution in [2.45, 2.75) is 25.4 Å². The van der Waals surface area contributed by atoms with Crippen LogP contribution in [0.3, 0.4) is 0 Å². The molecule has 0 bridgehead atoms. The predicted octanol–water partition coefficient (Wildman–Crippen LogP) is 1.65. The molecule has 1 aliphatic rings. The minimum atomic E-state index is -0.695. The van der Waals surface area contributed by atoms with Crippen LogP contribution in [0.5, 0.6) is 0 Å². The lowest BCUT2D eigenvalue weighted by atomic mass is 10.1. The molecule has 0 unspecified atom stereocenters. The van der Waals surface area contributed by atoms with Gasteiger partial charge in [-0.2, -0.15) is 5.26 Å². The maximum absolute atomic E-state index is 12.2. The van der Waals surface area contributed by atoms with E-state index in [1.807, 2.05) is 0 Å². The van der Waals surface area contributed by atoms with Crippen LogP contribution in [0.15, 0.2) is 0 Å². The molecule has 0 heterocycles. The molecule has 0 aromatic carbocycles. The highest BCUT2D eigenvalue weighted by Crippen LogP contribution is 2.26. The van der Waals surface area contributed by atoms with Crippen LogP contribution in [0, 0.1) is 17.2 Å². The Kier molecular flexibility index (Phi) is 1.48. The van der Waals surface area contributed by atoms with Crippen molar-refractivity contribution >= 4 is 0 Å². The van der Waals surface area contributed by atoms with E-state index in [0.29, 0.717) is 12.8 Å². The van der Waals surface area contributed by atoms with Crippen molar-refractivity contribution in [3.8, 4) is 6.07 Å². The minimum absolute atomic E-state index is 0.00463. The van der Waals surface area contributed by atoms with Crippen molar-refractivity contribution in [3.05, 3.63) is 0 Å². The summed E-state index contributed by atoms with van der Waals surface area (Å²) < 4.78 is 12.2. The summed E-state index contributed by atoms with van der Waals surface area (Å²) in [6.07, 6.45) is 1.13. The molecule has 0 spiro atoms. The Morgan fingerprint density at radius 1 is 1.50 bits per heavy atom. The maximum Gasteiger partial charge on any atom is 0.101 e. The second-order valence-corrected chi connectivity index (χ2v) is 2.24. The van der Waals surface area contributed by atoms with Gasteiger partial charge in [0, 0.05) is 5.92 Å². The first-order valence-corrected chi connectivity index (χ1v) is 2.86. The summed E-state index contributed by atoms with van der Waals surface area (Å²) in [5, 5.41) is 8.27. The Morgan fingerprint density at radius 3 is 2.50 bits per heavy atom. The minimum Gasteiger partial charge on any atom is -0.247 e. The first kappa shape index (κ1) is 5.55. The summed E-state index contributed by atoms with van der Waals surface area (Å²) in [6.45, 7) is 0. The van der Waals surface area contributed by atoms with E-state index in [9.17, 15) is 4.39 Å². The average Bonchev–Trinajstić information content (AvgIpc) is 2.14. The lowest BCUT2D eigenvalue weighted by molar-refractivity contribution is 0.338. The third-order valence-corrected chi connectivity index (χ3v) is 1.55. The highest BCUT2D eigenvalue weighted by atomic mass is 19.1. The van der Waals surface area contributed by atoms with Gasteiger partial charge in [0.15, 0.2) is 0 Å². The van der Waals surface area contributed by atoms with Crippen molar-refractivity contribution < 1.29 is 4.39 Å². The molecule has 8 heavy (non-hydrogen) atoms. The molecule has 44 valence electrons. The highest BCUT2D eigenvalue weighted by molar-refractivity contribution is 4.89. The van der Waals surface area contributed by atoms with Crippen molar-refractivity contribution in [3.63, 3.8) is 0 Å². The zero-order valence-corrected chi connectivity index (χ0v) is 4.60. The van der Waals surface area contributed by atoms with E-state index in [0.717, 1.165) is 6.42 Å². The van der Waals surface area contributed by atoms with Crippen LogP contribution < -0.4 is 0 Å². The second-order valence-electron chi connectivity index (χ2n) is 2.24. The SMILES string of the molecule is N#C[C@H]1CC[C@@H](F)C1. The van der Waals surface area contributed by atoms with E-state index in [-0.39, 0.29) is 5.92 Å². The molecule has 2 heteroatoms. The van der Waals surface area contributed by atoms with E-state index in [1.54, 1.807) is 0 Å². The first-order valence-electron chi connectivity index (χ1n) is 2.86. The van der Waals surface area contributed by atoms with Crippen LogP contribution in [0.2, 0.25) is 0 Å². The van der Waals surface area contributed by atoms with E-state index in [1.165, 1.54) is 0 Å². The molecule has 0 aromatic heterocycles. The molecule has 0 N–H and O–H groups in total.